The minimum Gasteiger partial charge on any atom is -0.314 e. The maximum absolute atomic E-state index is 13.2. The topological polar surface area (TPSA) is 37.8 Å². The molecular formula is C14H15F2N3S. The Labute approximate surface area is 120 Å². The van der Waals surface area contributed by atoms with Crippen LogP contribution in [0.1, 0.15) is 24.3 Å². The number of nitrogens with one attached hydrogen (secondary N) is 1. The highest BCUT2D eigenvalue weighted by Gasteiger charge is 2.19. The number of rotatable bonds is 6. The fraction of sp³-hybridized carbons (Fsp3) is 0.429. The molecule has 0 saturated heterocycles. The van der Waals surface area contributed by atoms with Gasteiger partial charge in [-0.05, 0) is 44.0 Å². The summed E-state index contributed by atoms with van der Waals surface area (Å²) in [6, 6.07) is 4.53. The SMILES string of the molecule is Fc1ccc(-c2nnc(CCCNC3CC3)s2)cc1F. The Morgan fingerprint density at radius 2 is 2.05 bits per heavy atom. The van der Waals surface area contributed by atoms with Gasteiger partial charge in [0.05, 0.1) is 0 Å². The maximum Gasteiger partial charge on any atom is 0.159 e. The molecule has 0 radical (unpaired) electrons. The fourth-order valence-corrected chi connectivity index (χ4v) is 2.81. The molecule has 1 fully saturated rings. The Hall–Kier alpha value is -1.40. The monoisotopic (exact) mass is 295 g/mol. The summed E-state index contributed by atoms with van der Waals surface area (Å²) in [6.45, 7) is 0.991. The predicted molar refractivity (Wildman–Crippen MR) is 74.6 cm³/mol. The third-order valence-electron chi connectivity index (χ3n) is 3.21. The number of benzene rings is 1. The molecule has 0 bridgehead atoms. The first-order valence-corrected chi connectivity index (χ1v) is 7.55. The van der Waals surface area contributed by atoms with E-state index in [0.29, 0.717) is 10.6 Å². The molecule has 0 unspecified atom stereocenters. The average Bonchev–Trinajstić information content (AvgIpc) is 3.15. The Morgan fingerprint density at radius 1 is 1.20 bits per heavy atom. The van der Waals surface area contributed by atoms with E-state index in [2.05, 4.69) is 15.5 Å². The lowest BCUT2D eigenvalue weighted by Gasteiger charge is -1.99. The van der Waals surface area contributed by atoms with E-state index in [4.69, 9.17) is 0 Å². The molecule has 3 rings (SSSR count). The summed E-state index contributed by atoms with van der Waals surface area (Å²) in [6.07, 6.45) is 4.46. The van der Waals surface area contributed by atoms with Gasteiger partial charge < -0.3 is 5.32 Å². The molecule has 1 aliphatic rings. The molecule has 0 atom stereocenters. The van der Waals surface area contributed by atoms with E-state index in [1.54, 1.807) is 0 Å². The largest absolute Gasteiger partial charge is 0.314 e. The van der Waals surface area contributed by atoms with Crippen LogP contribution in [0.3, 0.4) is 0 Å². The summed E-state index contributed by atoms with van der Waals surface area (Å²) in [5.74, 6) is -1.70. The van der Waals surface area contributed by atoms with Crippen LogP contribution in [0, 0.1) is 11.6 Å². The standard InChI is InChI=1S/C14H15F2N3S/c15-11-6-3-9(8-12(11)16)14-19-18-13(20-14)2-1-7-17-10-4-5-10/h3,6,8,10,17H,1-2,4-5,7H2. The average molecular weight is 295 g/mol. The van der Waals surface area contributed by atoms with Crippen LogP contribution in [-0.2, 0) is 6.42 Å². The van der Waals surface area contributed by atoms with Crippen molar-refractivity contribution in [3.63, 3.8) is 0 Å². The van der Waals surface area contributed by atoms with Gasteiger partial charge in [0.15, 0.2) is 11.6 Å². The van der Waals surface area contributed by atoms with Gasteiger partial charge in [0.25, 0.3) is 0 Å². The lowest BCUT2D eigenvalue weighted by atomic mass is 10.2. The Bertz CT molecular complexity index is 596. The highest BCUT2D eigenvalue weighted by atomic mass is 32.1. The van der Waals surface area contributed by atoms with Crippen LogP contribution < -0.4 is 5.32 Å². The molecule has 1 heterocycles. The van der Waals surface area contributed by atoms with Crippen molar-refractivity contribution in [2.45, 2.75) is 31.7 Å². The minimum atomic E-state index is -0.854. The first-order valence-electron chi connectivity index (χ1n) is 6.73. The van der Waals surface area contributed by atoms with Gasteiger partial charge in [-0.25, -0.2) is 8.78 Å². The summed E-state index contributed by atoms with van der Waals surface area (Å²) in [5.41, 5.74) is 0.573. The maximum atomic E-state index is 13.2. The minimum absolute atomic E-state index is 0.573. The van der Waals surface area contributed by atoms with Gasteiger partial charge in [0, 0.05) is 18.0 Å². The first kappa shape index (κ1) is 13.6. The smallest absolute Gasteiger partial charge is 0.159 e. The van der Waals surface area contributed by atoms with Crippen molar-refractivity contribution < 1.29 is 8.78 Å². The summed E-state index contributed by atoms with van der Waals surface area (Å²) in [7, 11) is 0. The van der Waals surface area contributed by atoms with Crippen molar-refractivity contribution in [1.29, 1.82) is 0 Å². The number of halogens is 2. The van der Waals surface area contributed by atoms with Crippen LogP contribution >= 0.6 is 11.3 Å². The number of nitrogens with zero attached hydrogens (tertiary/aromatic N) is 2. The Balaban J connectivity index is 1.58. The van der Waals surface area contributed by atoms with E-state index >= 15 is 0 Å². The second-order valence-electron chi connectivity index (χ2n) is 4.96. The van der Waals surface area contributed by atoms with E-state index in [-0.39, 0.29) is 0 Å². The normalized spacial score (nSPS) is 14.7. The molecule has 20 heavy (non-hydrogen) atoms. The lowest BCUT2D eigenvalue weighted by Crippen LogP contribution is -2.17. The van der Waals surface area contributed by atoms with Gasteiger partial charge in [-0.3, -0.25) is 0 Å². The molecule has 2 aromatic rings. The van der Waals surface area contributed by atoms with Crippen LogP contribution in [0.5, 0.6) is 0 Å². The van der Waals surface area contributed by atoms with E-state index < -0.39 is 11.6 Å². The van der Waals surface area contributed by atoms with Crippen molar-refractivity contribution in [1.82, 2.24) is 15.5 Å². The van der Waals surface area contributed by atoms with Crippen LogP contribution in [0.2, 0.25) is 0 Å². The zero-order valence-electron chi connectivity index (χ0n) is 10.9. The van der Waals surface area contributed by atoms with Crippen LogP contribution in [0.15, 0.2) is 18.2 Å². The lowest BCUT2D eigenvalue weighted by molar-refractivity contribution is 0.509. The number of aryl methyl sites for hydroxylation is 1. The van der Waals surface area contributed by atoms with E-state index in [9.17, 15) is 8.78 Å². The van der Waals surface area contributed by atoms with Gasteiger partial charge in [-0.2, -0.15) is 0 Å². The molecular weight excluding hydrogens is 280 g/mol. The molecule has 1 aliphatic carbocycles. The van der Waals surface area contributed by atoms with Crippen molar-refractivity contribution in [3.05, 3.63) is 34.8 Å². The van der Waals surface area contributed by atoms with E-state index in [0.717, 1.165) is 42.6 Å². The summed E-state index contributed by atoms with van der Waals surface area (Å²) >= 11 is 1.44. The molecule has 106 valence electrons. The zero-order chi connectivity index (χ0) is 13.9. The first-order chi connectivity index (χ1) is 9.72. The molecule has 1 aromatic carbocycles. The van der Waals surface area contributed by atoms with Crippen LogP contribution in [0.25, 0.3) is 10.6 Å². The number of hydrogen-bond acceptors (Lipinski definition) is 4. The van der Waals surface area contributed by atoms with E-state index in [1.807, 2.05) is 0 Å². The Morgan fingerprint density at radius 3 is 2.80 bits per heavy atom. The van der Waals surface area contributed by atoms with E-state index in [1.165, 1.54) is 30.2 Å². The third-order valence-corrected chi connectivity index (χ3v) is 4.24. The molecule has 6 heteroatoms. The molecule has 0 spiro atoms. The van der Waals surface area contributed by atoms with Crippen molar-refractivity contribution in [2.24, 2.45) is 0 Å². The van der Waals surface area contributed by atoms with Gasteiger partial charge in [-0.15, -0.1) is 10.2 Å². The van der Waals surface area contributed by atoms with Crippen LogP contribution in [-0.4, -0.2) is 22.8 Å². The number of aromatic nitrogens is 2. The summed E-state index contributed by atoms with van der Waals surface area (Å²) in [5, 5.41) is 13.2. The molecule has 1 aromatic heterocycles. The Kier molecular flexibility index (Phi) is 4.03. The molecule has 3 nitrogen and oxygen atoms in total. The zero-order valence-corrected chi connectivity index (χ0v) is 11.7. The molecule has 1 N–H and O–H groups in total. The third kappa shape index (κ3) is 3.37. The van der Waals surface area contributed by atoms with Crippen molar-refractivity contribution >= 4 is 11.3 Å². The highest BCUT2D eigenvalue weighted by molar-refractivity contribution is 7.14. The quantitative estimate of drug-likeness (QED) is 0.832. The predicted octanol–water partition coefficient (Wildman–Crippen LogP) is 3.17. The van der Waals surface area contributed by atoms with Crippen molar-refractivity contribution in [3.8, 4) is 10.6 Å². The van der Waals surface area contributed by atoms with Crippen LogP contribution in [0.4, 0.5) is 8.78 Å². The molecule has 0 amide bonds. The molecule has 0 aliphatic heterocycles. The summed E-state index contributed by atoms with van der Waals surface area (Å²) in [4.78, 5) is 0. The number of hydrogen-bond donors (Lipinski definition) is 1. The van der Waals surface area contributed by atoms with Crippen molar-refractivity contribution in [2.75, 3.05) is 6.54 Å². The fourth-order valence-electron chi connectivity index (χ4n) is 1.93. The van der Waals surface area contributed by atoms with Gasteiger partial charge in [-0.1, -0.05) is 11.3 Å². The highest BCUT2D eigenvalue weighted by Crippen LogP contribution is 2.25. The van der Waals surface area contributed by atoms with Gasteiger partial charge in [0.1, 0.15) is 10.0 Å². The van der Waals surface area contributed by atoms with Gasteiger partial charge in [0.2, 0.25) is 0 Å². The molecule has 1 saturated carbocycles. The summed E-state index contributed by atoms with van der Waals surface area (Å²) < 4.78 is 26.1. The second kappa shape index (κ2) is 5.93. The van der Waals surface area contributed by atoms with Gasteiger partial charge >= 0.3 is 0 Å². The second-order valence-corrected chi connectivity index (χ2v) is 6.02.